The number of nitrogens with zero attached hydrogens (tertiary/aromatic N) is 3. The van der Waals surface area contributed by atoms with Crippen LogP contribution < -0.4 is 31.3 Å². The Morgan fingerprint density at radius 1 is 1.22 bits per heavy atom. The number of methoxy groups -OCH3 is 2. The fourth-order valence-corrected chi connectivity index (χ4v) is 4.20. The first-order valence-corrected chi connectivity index (χ1v) is 11.1. The third kappa shape index (κ3) is 4.38. The first-order valence-electron chi connectivity index (χ1n) is 11.1. The molecule has 4 rings (SSSR count). The van der Waals surface area contributed by atoms with E-state index < -0.39 is 22.4 Å². The van der Waals surface area contributed by atoms with Crippen LogP contribution in [0.4, 0.5) is 5.69 Å². The monoisotopic (exact) mass is 491 g/mol. The average Bonchev–Trinajstić information content (AvgIpc) is 3.17. The van der Waals surface area contributed by atoms with Gasteiger partial charge in [0.25, 0.3) is 17.2 Å². The molecule has 1 unspecified atom stereocenters. The highest BCUT2D eigenvalue weighted by Crippen LogP contribution is 2.31. The van der Waals surface area contributed by atoms with Crippen molar-refractivity contribution >= 4 is 17.7 Å². The van der Waals surface area contributed by atoms with E-state index in [2.05, 4.69) is 15.3 Å². The Morgan fingerprint density at radius 3 is 2.64 bits per heavy atom. The molecular weight excluding hydrogens is 466 g/mol. The number of H-pyrrole nitrogens is 1. The summed E-state index contributed by atoms with van der Waals surface area (Å²) in [5.74, 6) is 0.640. The third-order valence-electron chi connectivity index (χ3n) is 5.82. The second-order valence-electron chi connectivity index (χ2n) is 8.02. The van der Waals surface area contributed by atoms with Crippen LogP contribution in [0.3, 0.4) is 0 Å². The molecule has 36 heavy (non-hydrogen) atoms. The number of hydrogen-bond donors (Lipinski definition) is 2. The van der Waals surface area contributed by atoms with E-state index in [1.54, 1.807) is 44.2 Å². The van der Waals surface area contributed by atoms with Gasteiger partial charge in [0, 0.05) is 18.7 Å². The molecule has 2 N–H and O–H groups in total. The molecule has 0 saturated carbocycles. The number of aromatic nitrogens is 2. The Bertz CT molecular complexity index is 1570. The molecule has 0 spiro atoms. The van der Waals surface area contributed by atoms with E-state index in [-0.39, 0.29) is 22.2 Å². The summed E-state index contributed by atoms with van der Waals surface area (Å²) in [5.41, 5.74) is 1.37. The summed E-state index contributed by atoms with van der Waals surface area (Å²) in [6, 6.07) is 10.2. The van der Waals surface area contributed by atoms with Gasteiger partial charge >= 0.3 is 0 Å². The Labute approximate surface area is 205 Å². The second-order valence-corrected chi connectivity index (χ2v) is 8.02. The number of carbonyl (C=O) groups excluding carboxylic acids is 1. The summed E-state index contributed by atoms with van der Waals surface area (Å²) < 4.78 is 12.0. The molecule has 1 aliphatic rings. The van der Waals surface area contributed by atoms with Crippen molar-refractivity contribution in [2.24, 2.45) is 4.99 Å². The SMILES string of the molecule is CCNC(=O)C1=C(C)N=c2[nH]/c(=C\c3ccc(OC)c(OC)c3)c(=O)n2C1c1cccc([N+](=O)[O-])c1. The quantitative estimate of drug-likeness (QED) is 0.380. The van der Waals surface area contributed by atoms with Gasteiger partial charge in [-0.05, 0) is 43.2 Å². The van der Waals surface area contributed by atoms with Crippen molar-refractivity contribution in [2.75, 3.05) is 20.8 Å². The lowest BCUT2D eigenvalue weighted by Gasteiger charge is -2.25. The van der Waals surface area contributed by atoms with Crippen LogP contribution in [0.2, 0.25) is 0 Å². The van der Waals surface area contributed by atoms with Crippen LogP contribution in [-0.4, -0.2) is 41.1 Å². The molecule has 186 valence electrons. The second kappa shape index (κ2) is 9.90. The summed E-state index contributed by atoms with van der Waals surface area (Å²) >= 11 is 0. The number of nitro benzene ring substituents is 1. The molecule has 0 aliphatic carbocycles. The van der Waals surface area contributed by atoms with Gasteiger partial charge in [0.2, 0.25) is 5.62 Å². The van der Waals surface area contributed by atoms with E-state index in [0.29, 0.717) is 34.9 Å². The van der Waals surface area contributed by atoms with Gasteiger partial charge in [-0.25, -0.2) is 4.99 Å². The zero-order valence-corrected chi connectivity index (χ0v) is 20.2. The zero-order chi connectivity index (χ0) is 26.0. The summed E-state index contributed by atoms with van der Waals surface area (Å²) in [7, 11) is 3.05. The van der Waals surface area contributed by atoms with Gasteiger partial charge in [-0.1, -0.05) is 18.2 Å². The van der Waals surface area contributed by atoms with Gasteiger partial charge in [0.15, 0.2) is 11.5 Å². The number of nitrogens with one attached hydrogen (secondary N) is 2. The number of non-ortho nitro benzene ring substituents is 1. The van der Waals surface area contributed by atoms with Crippen molar-refractivity contribution in [2.45, 2.75) is 19.9 Å². The van der Waals surface area contributed by atoms with E-state index >= 15 is 0 Å². The van der Waals surface area contributed by atoms with Gasteiger partial charge in [-0.2, -0.15) is 0 Å². The molecule has 1 aliphatic heterocycles. The van der Waals surface area contributed by atoms with Crippen LogP contribution in [0, 0.1) is 10.1 Å². The normalized spacial score (nSPS) is 15.2. The maximum Gasteiger partial charge on any atom is 0.277 e. The lowest BCUT2D eigenvalue weighted by Crippen LogP contribution is -2.41. The summed E-state index contributed by atoms with van der Waals surface area (Å²) in [6.45, 7) is 3.81. The van der Waals surface area contributed by atoms with Crippen LogP contribution in [0.5, 0.6) is 11.5 Å². The third-order valence-corrected chi connectivity index (χ3v) is 5.82. The molecule has 1 aromatic heterocycles. The number of benzene rings is 2. The van der Waals surface area contributed by atoms with Crippen LogP contribution in [0.1, 0.15) is 31.0 Å². The fraction of sp³-hybridized carbons (Fsp3) is 0.240. The van der Waals surface area contributed by atoms with Crippen molar-refractivity contribution in [3.8, 4) is 11.5 Å². The maximum absolute atomic E-state index is 13.6. The van der Waals surface area contributed by atoms with Gasteiger partial charge in [-0.15, -0.1) is 0 Å². The molecule has 2 aromatic carbocycles. The van der Waals surface area contributed by atoms with Crippen LogP contribution >= 0.6 is 0 Å². The molecule has 3 aromatic rings. The minimum atomic E-state index is -0.916. The van der Waals surface area contributed by atoms with Crippen molar-refractivity contribution < 1.29 is 19.2 Å². The van der Waals surface area contributed by atoms with Gasteiger partial charge < -0.3 is 19.8 Å². The van der Waals surface area contributed by atoms with Crippen molar-refractivity contribution in [1.29, 1.82) is 0 Å². The van der Waals surface area contributed by atoms with Crippen molar-refractivity contribution in [1.82, 2.24) is 14.9 Å². The number of nitro groups is 1. The molecule has 1 amide bonds. The van der Waals surface area contributed by atoms with Crippen LogP contribution in [0.25, 0.3) is 6.08 Å². The number of allylic oxidation sites excluding steroid dienone is 1. The van der Waals surface area contributed by atoms with Crippen LogP contribution in [-0.2, 0) is 4.79 Å². The molecule has 0 fully saturated rings. The number of carbonyl (C=O) groups is 1. The van der Waals surface area contributed by atoms with Gasteiger partial charge in [0.1, 0.15) is 5.35 Å². The van der Waals surface area contributed by atoms with Crippen molar-refractivity contribution in [3.63, 3.8) is 0 Å². The van der Waals surface area contributed by atoms with Gasteiger partial charge in [0.05, 0.1) is 36.5 Å². The van der Waals surface area contributed by atoms with E-state index in [4.69, 9.17) is 9.47 Å². The van der Waals surface area contributed by atoms with E-state index in [9.17, 15) is 19.7 Å². The molecule has 2 heterocycles. The molecule has 11 heteroatoms. The number of imidazole rings is 1. The number of rotatable bonds is 7. The molecule has 0 saturated heterocycles. The first-order chi connectivity index (χ1) is 17.3. The molecule has 11 nitrogen and oxygen atoms in total. The topological polar surface area (TPSA) is 141 Å². The summed E-state index contributed by atoms with van der Waals surface area (Å²) in [6.07, 6.45) is 1.64. The highest BCUT2D eigenvalue weighted by atomic mass is 16.6. The highest BCUT2D eigenvalue weighted by Gasteiger charge is 2.32. The largest absolute Gasteiger partial charge is 0.493 e. The molecule has 1 atom stereocenters. The fourth-order valence-electron chi connectivity index (χ4n) is 4.20. The minimum Gasteiger partial charge on any atom is -0.493 e. The number of hydrogen-bond acceptors (Lipinski definition) is 7. The van der Waals surface area contributed by atoms with E-state index in [0.717, 1.165) is 0 Å². The number of likely N-dealkylation sites (N-methyl/N-ethyl adjacent to an activating group) is 1. The predicted octanol–water partition coefficient (Wildman–Crippen LogP) is 1.56. The smallest absolute Gasteiger partial charge is 0.277 e. The Kier molecular flexibility index (Phi) is 6.73. The Balaban J connectivity index is 1.95. The number of fused-ring (bicyclic) bond motifs is 1. The summed E-state index contributed by atoms with van der Waals surface area (Å²) in [4.78, 5) is 45.1. The van der Waals surface area contributed by atoms with Gasteiger partial charge in [-0.3, -0.25) is 24.3 Å². The maximum atomic E-state index is 13.6. The summed E-state index contributed by atoms with van der Waals surface area (Å²) in [5, 5.41) is 14.4. The zero-order valence-electron chi connectivity index (χ0n) is 20.2. The van der Waals surface area contributed by atoms with Crippen molar-refractivity contribution in [3.05, 3.63) is 96.3 Å². The molecular formula is C25H25N5O6. The lowest BCUT2D eigenvalue weighted by atomic mass is 9.94. The Hall–Kier alpha value is -4.67. The lowest BCUT2D eigenvalue weighted by molar-refractivity contribution is -0.384. The minimum absolute atomic E-state index is 0.148. The molecule has 0 radical (unpaired) electrons. The van der Waals surface area contributed by atoms with Crippen LogP contribution in [0.15, 0.2) is 63.5 Å². The highest BCUT2D eigenvalue weighted by molar-refractivity contribution is 5.95. The predicted molar refractivity (Wildman–Crippen MR) is 132 cm³/mol. The van der Waals surface area contributed by atoms with E-state index in [1.165, 1.54) is 37.0 Å². The molecule has 0 bridgehead atoms. The standard InChI is InChI=1S/C25H25N5O6/c1-5-26-23(31)21-14(2)27-25-28-18(11-15-9-10-19(35-3)20(12-15)36-4)24(32)29(25)22(21)16-7-6-8-17(13-16)30(33)34/h6-13,22H,5H2,1-4H3,(H,26,31)(H,27,28)/b18-11-. The van der Waals surface area contributed by atoms with E-state index in [1.807, 2.05) is 0 Å². The first kappa shape index (κ1) is 24.5. The number of amides is 1. The Morgan fingerprint density at radius 2 is 1.97 bits per heavy atom. The average molecular weight is 492 g/mol. The number of ether oxygens (including phenoxy) is 2. The number of aromatic amines is 1.